The second-order valence-corrected chi connectivity index (χ2v) is 4.35. The lowest BCUT2D eigenvalue weighted by atomic mass is 10.2. The molecule has 19 heavy (non-hydrogen) atoms. The SMILES string of the molecule is CCOc1cc(N)cc(Nc2c(F)cccc2Cl)c1. The number of hydrogen-bond acceptors (Lipinski definition) is 3. The third kappa shape index (κ3) is 3.29. The molecule has 100 valence electrons. The summed E-state index contributed by atoms with van der Waals surface area (Å²) in [6, 6.07) is 9.63. The van der Waals surface area contributed by atoms with Gasteiger partial charge in [-0.05, 0) is 25.1 Å². The first-order valence-electron chi connectivity index (χ1n) is 5.84. The van der Waals surface area contributed by atoms with Crippen molar-refractivity contribution >= 4 is 28.7 Å². The molecule has 2 rings (SSSR count). The lowest BCUT2D eigenvalue weighted by Crippen LogP contribution is -1.98. The number of rotatable bonds is 4. The minimum Gasteiger partial charge on any atom is -0.494 e. The Morgan fingerprint density at radius 3 is 2.79 bits per heavy atom. The van der Waals surface area contributed by atoms with Crippen molar-refractivity contribution in [2.24, 2.45) is 0 Å². The molecule has 0 unspecified atom stereocenters. The highest BCUT2D eigenvalue weighted by atomic mass is 35.5. The largest absolute Gasteiger partial charge is 0.494 e. The molecular weight excluding hydrogens is 267 g/mol. The molecule has 5 heteroatoms. The molecule has 0 saturated carbocycles. The lowest BCUT2D eigenvalue weighted by Gasteiger charge is -2.12. The molecule has 0 heterocycles. The van der Waals surface area contributed by atoms with Crippen LogP contribution in [0.2, 0.25) is 5.02 Å². The van der Waals surface area contributed by atoms with E-state index in [2.05, 4.69) is 5.32 Å². The maximum Gasteiger partial charge on any atom is 0.148 e. The van der Waals surface area contributed by atoms with Crippen LogP contribution in [-0.2, 0) is 0 Å². The summed E-state index contributed by atoms with van der Waals surface area (Å²) in [7, 11) is 0. The standard InChI is InChI=1S/C14H14ClFN2O/c1-2-19-11-7-9(17)6-10(8-11)18-14-12(15)4-3-5-13(14)16/h3-8,18H,2,17H2,1H3. The first-order valence-corrected chi connectivity index (χ1v) is 6.22. The van der Waals surface area contributed by atoms with Crippen LogP contribution in [-0.4, -0.2) is 6.61 Å². The smallest absolute Gasteiger partial charge is 0.148 e. The van der Waals surface area contributed by atoms with Crippen LogP contribution in [0.15, 0.2) is 36.4 Å². The Balaban J connectivity index is 2.33. The van der Waals surface area contributed by atoms with Crippen molar-refractivity contribution in [1.29, 1.82) is 0 Å². The van der Waals surface area contributed by atoms with Gasteiger partial charge in [-0.25, -0.2) is 4.39 Å². The number of ether oxygens (including phenoxy) is 1. The van der Waals surface area contributed by atoms with Crippen molar-refractivity contribution in [3.05, 3.63) is 47.2 Å². The molecule has 3 nitrogen and oxygen atoms in total. The van der Waals surface area contributed by atoms with Gasteiger partial charge in [-0.1, -0.05) is 17.7 Å². The number of para-hydroxylation sites is 1. The number of hydrogen-bond donors (Lipinski definition) is 2. The second-order valence-electron chi connectivity index (χ2n) is 3.95. The zero-order valence-electron chi connectivity index (χ0n) is 10.4. The first kappa shape index (κ1) is 13.5. The highest BCUT2D eigenvalue weighted by Gasteiger charge is 2.08. The number of nitrogen functional groups attached to an aromatic ring is 1. The van der Waals surface area contributed by atoms with E-state index >= 15 is 0 Å². The van der Waals surface area contributed by atoms with Crippen molar-refractivity contribution in [3.8, 4) is 5.75 Å². The third-order valence-corrected chi connectivity index (χ3v) is 2.79. The summed E-state index contributed by atoms with van der Waals surface area (Å²) in [5.74, 6) is 0.199. The van der Waals surface area contributed by atoms with Crippen LogP contribution in [0.5, 0.6) is 5.75 Å². The highest BCUT2D eigenvalue weighted by Crippen LogP contribution is 2.30. The summed E-state index contributed by atoms with van der Waals surface area (Å²) in [6.07, 6.45) is 0. The Morgan fingerprint density at radius 2 is 2.11 bits per heavy atom. The van der Waals surface area contributed by atoms with E-state index in [0.29, 0.717) is 28.8 Å². The van der Waals surface area contributed by atoms with Crippen LogP contribution < -0.4 is 15.8 Å². The maximum atomic E-state index is 13.7. The molecule has 0 amide bonds. The monoisotopic (exact) mass is 280 g/mol. The number of nitrogens with one attached hydrogen (secondary N) is 1. The summed E-state index contributed by atoms with van der Waals surface area (Å²) in [4.78, 5) is 0. The molecule has 0 aliphatic heterocycles. The number of benzene rings is 2. The molecule has 0 aromatic heterocycles. The predicted molar refractivity (Wildman–Crippen MR) is 76.7 cm³/mol. The van der Waals surface area contributed by atoms with Gasteiger partial charge in [-0.2, -0.15) is 0 Å². The van der Waals surface area contributed by atoms with Gasteiger partial charge in [0.15, 0.2) is 0 Å². The third-order valence-electron chi connectivity index (χ3n) is 2.47. The van der Waals surface area contributed by atoms with Crippen molar-refractivity contribution < 1.29 is 9.13 Å². The maximum absolute atomic E-state index is 13.7. The summed E-state index contributed by atoms with van der Waals surface area (Å²) in [6.45, 7) is 2.41. The van der Waals surface area contributed by atoms with Crippen molar-refractivity contribution in [1.82, 2.24) is 0 Å². The zero-order chi connectivity index (χ0) is 13.8. The van der Waals surface area contributed by atoms with Crippen molar-refractivity contribution in [2.45, 2.75) is 6.92 Å². The fraction of sp³-hybridized carbons (Fsp3) is 0.143. The lowest BCUT2D eigenvalue weighted by molar-refractivity contribution is 0.340. The Labute approximate surface area is 116 Å². The van der Waals surface area contributed by atoms with Gasteiger partial charge in [-0.3, -0.25) is 0 Å². The molecule has 2 aromatic rings. The molecule has 0 saturated heterocycles. The predicted octanol–water partition coefficient (Wildman–Crippen LogP) is 4.20. The molecule has 0 aliphatic carbocycles. The summed E-state index contributed by atoms with van der Waals surface area (Å²) < 4.78 is 19.1. The van der Waals surface area contributed by atoms with Crippen LogP contribution in [0.25, 0.3) is 0 Å². The Morgan fingerprint density at radius 1 is 1.32 bits per heavy atom. The average molecular weight is 281 g/mol. The van der Waals surface area contributed by atoms with Gasteiger partial charge in [0.25, 0.3) is 0 Å². The molecule has 2 aromatic carbocycles. The van der Waals surface area contributed by atoms with Crippen molar-refractivity contribution in [3.63, 3.8) is 0 Å². The van der Waals surface area contributed by atoms with Crippen LogP contribution in [0.3, 0.4) is 0 Å². The Bertz CT molecular complexity index is 569. The Kier molecular flexibility index (Phi) is 4.12. The minimum atomic E-state index is -0.423. The molecule has 0 bridgehead atoms. The summed E-state index contributed by atoms with van der Waals surface area (Å²) in [5, 5.41) is 3.22. The molecule has 0 radical (unpaired) electrons. The molecule has 3 N–H and O–H groups in total. The van der Waals surface area contributed by atoms with Gasteiger partial charge in [0.1, 0.15) is 11.6 Å². The zero-order valence-corrected chi connectivity index (χ0v) is 11.2. The van der Waals surface area contributed by atoms with Crippen LogP contribution in [0.4, 0.5) is 21.5 Å². The highest BCUT2D eigenvalue weighted by molar-refractivity contribution is 6.33. The van der Waals surface area contributed by atoms with E-state index in [1.165, 1.54) is 6.07 Å². The summed E-state index contributed by atoms with van der Waals surface area (Å²) in [5.41, 5.74) is 7.14. The molecule has 0 aliphatic rings. The molecular formula is C14H14ClFN2O. The van der Waals surface area contributed by atoms with E-state index in [0.717, 1.165) is 0 Å². The van der Waals surface area contributed by atoms with Gasteiger partial charge < -0.3 is 15.8 Å². The van der Waals surface area contributed by atoms with Gasteiger partial charge in [0.05, 0.1) is 17.3 Å². The van der Waals surface area contributed by atoms with Gasteiger partial charge in [0.2, 0.25) is 0 Å². The fourth-order valence-corrected chi connectivity index (χ4v) is 1.92. The molecule has 0 fully saturated rings. The van der Waals surface area contributed by atoms with E-state index in [4.69, 9.17) is 22.1 Å². The normalized spacial score (nSPS) is 10.3. The quantitative estimate of drug-likeness (QED) is 0.825. The van der Waals surface area contributed by atoms with Crippen molar-refractivity contribution in [2.75, 3.05) is 17.7 Å². The Hall–Kier alpha value is -1.94. The van der Waals surface area contributed by atoms with E-state index in [-0.39, 0.29) is 5.69 Å². The molecule has 0 spiro atoms. The summed E-state index contributed by atoms with van der Waals surface area (Å²) >= 11 is 5.96. The van der Waals surface area contributed by atoms with E-state index in [9.17, 15) is 4.39 Å². The number of halogens is 2. The van der Waals surface area contributed by atoms with E-state index < -0.39 is 5.82 Å². The fourth-order valence-electron chi connectivity index (χ4n) is 1.71. The average Bonchev–Trinajstić information content (AvgIpc) is 2.34. The van der Waals surface area contributed by atoms with Gasteiger partial charge >= 0.3 is 0 Å². The number of nitrogens with two attached hydrogens (primary N) is 1. The van der Waals surface area contributed by atoms with Crippen LogP contribution in [0.1, 0.15) is 6.92 Å². The van der Waals surface area contributed by atoms with Gasteiger partial charge in [0, 0.05) is 23.5 Å². The van der Waals surface area contributed by atoms with E-state index in [1.54, 1.807) is 30.3 Å². The van der Waals surface area contributed by atoms with Crippen LogP contribution in [0, 0.1) is 5.82 Å². The molecule has 0 atom stereocenters. The minimum absolute atomic E-state index is 0.220. The van der Waals surface area contributed by atoms with Gasteiger partial charge in [-0.15, -0.1) is 0 Å². The van der Waals surface area contributed by atoms with Crippen LogP contribution >= 0.6 is 11.6 Å². The second kappa shape index (κ2) is 5.80. The topological polar surface area (TPSA) is 47.3 Å². The first-order chi connectivity index (χ1) is 9.10. The number of anilines is 3. The van der Waals surface area contributed by atoms with E-state index in [1.807, 2.05) is 6.92 Å².